The van der Waals surface area contributed by atoms with Gasteiger partial charge in [-0.15, -0.1) is 10.2 Å². The van der Waals surface area contributed by atoms with Crippen molar-refractivity contribution in [2.45, 2.75) is 52.7 Å². The number of ether oxygens (including phenoxy) is 1. The maximum absolute atomic E-state index is 12.0. The molecule has 1 aliphatic heterocycles. The number of aromatic nitrogens is 7. The van der Waals surface area contributed by atoms with Gasteiger partial charge < -0.3 is 15.0 Å². The van der Waals surface area contributed by atoms with Crippen LogP contribution in [-0.2, 0) is 11.8 Å². The van der Waals surface area contributed by atoms with E-state index < -0.39 is 11.7 Å². The van der Waals surface area contributed by atoms with Gasteiger partial charge in [0.2, 0.25) is 5.95 Å². The Labute approximate surface area is 186 Å². The third kappa shape index (κ3) is 4.71. The zero-order valence-electron chi connectivity index (χ0n) is 19.3. The summed E-state index contributed by atoms with van der Waals surface area (Å²) in [6, 6.07) is -0.00471. The minimum Gasteiger partial charge on any atom is -0.444 e. The van der Waals surface area contributed by atoms with Crippen LogP contribution in [0.4, 0.5) is 10.7 Å². The highest BCUT2D eigenvalue weighted by Crippen LogP contribution is 2.18. The number of carbonyl (C=O) groups excluding carboxylic acids is 1. The summed E-state index contributed by atoms with van der Waals surface area (Å²) in [7, 11) is 1.85. The number of fused-ring (bicyclic) bond motifs is 1. The van der Waals surface area contributed by atoms with E-state index in [1.807, 2.05) is 53.8 Å². The average molecular weight is 440 g/mol. The lowest BCUT2D eigenvalue weighted by molar-refractivity contribution is 0.0509. The summed E-state index contributed by atoms with van der Waals surface area (Å²) in [5.41, 5.74) is 1.97. The summed E-state index contributed by atoms with van der Waals surface area (Å²) in [6.07, 6.45) is 5.84. The monoisotopic (exact) mass is 439 g/mol. The molecule has 1 amide bonds. The summed E-state index contributed by atoms with van der Waals surface area (Å²) in [5.74, 6) is 1.89. The Morgan fingerprint density at radius 1 is 1.22 bits per heavy atom. The number of alkyl carbamates (subject to hydrolysis) is 1. The van der Waals surface area contributed by atoms with Crippen molar-refractivity contribution in [3.63, 3.8) is 0 Å². The van der Waals surface area contributed by atoms with Crippen LogP contribution in [0, 0.1) is 13.8 Å². The van der Waals surface area contributed by atoms with E-state index in [9.17, 15) is 4.79 Å². The number of nitrogens with one attached hydrogen (secondary N) is 1. The topological polar surface area (TPSA) is 115 Å². The van der Waals surface area contributed by atoms with Crippen molar-refractivity contribution in [3.8, 4) is 0 Å². The zero-order valence-corrected chi connectivity index (χ0v) is 19.3. The second-order valence-electron chi connectivity index (χ2n) is 9.00. The number of anilines is 1. The summed E-state index contributed by atoms with van der Waals surface area (Å²) < 4.78 is 8.84. The molecule has 0 unspecified atom stereocenters. The van der Waals surface area contributed by atoms with Crippen LogP contribution in [-0.4, -0.2) is 65.2 Å². The lowest BCUT2D eigenvalue weighted by Gasteiger charge is -2.21. The van der Waals surface area contributed by atoms with Crippen LogP contribution in [0.25, 0.3) is 17.8 Å². The molecule has 0 bridgehead atoms. The zero-order chi connectivity index (χ0) is 23.0. The van der Waals surface area contributed by atoms with E-state index in [4.69, 9.17) is 4.74 Å². The fourth-order valence-electron chi connectivity index (χ4n) is 3.53. The Hall–Kier alpha value is -3.50. The van der Waals surface area contributed by atoms with Crippen molar-refractivity contribution in [1.82, 2.24) is 39.7 Å². The third-order valence-corrected chi connectivity index (χ3v) is 5.09. The predicted molar refractivity (Wildman–Crippen MR) is 120 cm³/mol. The van der Waals surface area contributed by atoms with E-state index in [2.05, 4.69) is 35.4 Å². The van der Waals surface area contributed by atoms with Crippen LogP contribution in [0.2, 0.25) is 0 Å². The minimum atomic E-state index is -0.518. The van der Waals surface area contributed by atoms with Gasteiger partial charge in [-0.25, -0.2) is 19.0 Å². The van der Waals surface area contributed by atoms with Crippen molar-refractivity contribution in [1.29, 1.82) is 0 Å². The minimum absolute atomic E-state index is 0.00471. The molecular formula is C21H29N9O2. The summed E-state index contributed by atoms with van der Waals surface area (Å²) in [6.45, 7) is 10.8. The smallest absolute Gasteiger partial charge is 0.407 e. The van der Waals surface area contributed by atoms with Crippen LogP contribution in [0.3, 0.4) is 0 Å². The van der Waals surface area contributed by atoms with Crippen LogP contribution < -0.4 is 10.2 Å². The van der Waals surface area contributed by atoms with Gasteiger partial charge in [0, 0.05) is 26.3 Å². The number of amides is 1. The van der Waals surface area contributed by atoms with Crippen molar-refractivity contribution in [3.05, 3.63) is 29.2 Å². The molecule has 3 aromatic rings. The largest absolute Gasteiger partial charge is 0.444 e. The molecule has 170 valence electrons. The van der Waals surface area contributed by atoms with Crippen LogP contribution in [0.5, 0.6) is 0 Å². The molecule has 0 radical (unpaired) electrons. The Balaban J connectivity index is 1.43. The maximum atomic E-state index is 12.0. The first-order valence-electron chi connectivity index (χ1n) is 10.6. The van der Waals surface area contributed by atoms with Gasteiger partial charge in [0.1, 0.15) is 5.60 Å². The molecule has 1 fully saturated rings. The van der Waals surface area contributed by atoms with E-state index in [-0.39, 0.29) is 6.04 Å². The predicted octanol–water partition coefficient (Wildman–Crippen LogP) is 2.14. The molecule has 1 saturated heterocycles. The standard InChI is InChI=1S/C21H29N9O2/c1-13-11-22-14(2)18-24-16(26-30(13)18)7-8-17-25-19(27-28(17)6)29-10-9-15(12-29)23-20(31)32-21(3,4)5/h7-8,11,15H,9-10,12H2,1-6H3,(H,23,31)/t15-/m1/s1. The lowest BCUT2D eigenvalue weighted by Crippen LogP contribution is -2.40. The van der Waals surface area contributed by atoms with Gasteiger partial charge in [0.15, 0.2) is 17.3 Å². The third-order valence-electron chi connectivity index (χ3n) is 5.09. The van der Waals surface area contributed by atoms with Crippen molar-refractivity contribution in [2.75, 3.05) is 18.0 Å². The number of hydrogen-bond donors (Lipinski definition) is 1. The molecule has 3 aromatic heterocycles. The van der Waals surface area contributed by atoms with Crippen molar-refractivity contribution in [2.24, 2.45) is 7.05 Å². The van der Waals surface area contributed by atoms with E-state index in [1.54, 1.807) is 15.4 Å². The highest BCUT2D eigenvalue weighted by molar-refractivity contribution is 5.68. The molecule has 11 nitrogen and oxygen atoms in total. The first-order chi connectivity index (χ1) is 15.1. The van der Waals surface area contributed by atoms with Gasteiger partial charge in [-0.2, -0.15) is 4.98 Å². The molecule has 4 rings (SSSR count). The molecule has 1 aliphatic rings. The van der Waals surface area contributed by atoms with Crippen LogP contribution in [0.1, 0.15) is 50.2 Å². The van der Waals surface area contributed by atoms with Gasteiger partial charge in [-0.05, 0) is 53.2 Å². The summed E-state index contributed by atoms with van der Waals surface area (Å²) in [4.78, 5) is 27.6. The SMILES string of the molecule is Cc1ncc(C)n2nc(C=Cc3nc(N4CC[C@@H](NC(=O)OC(C)(C)C)C4)nn3C)nc12. The van der Waals surface area contributed by atoms with Crippen molar-refractivity contribution >= 4 is 29.8 Å². The van der Waals surface area contributed by atoms with Crippen LogP contribution in [0.15, 0.2) is 6.20 Å². The second kappa shape index (κ2) is 8.21. The number of aryl methyl sites for hydroxylation is 3. The van der Waals surface area contributed by atoms with Gasteiger partial charge >= 0.3 is 6.09 Å². The number of carbonyl (C=O) groups is 1. The molecule has 1 atom stereocenters. The molecule has 32 heavy (non-hydrogen) atoms. The van der Waals surface area contributed by atoms with Gasteiger partial charge in [0.05, 0.1) is 17.4 Å². The quantitative estimate of drug-likeness (QED) is 0.657. The second-order valence-corrected chi connectivity index (χ2v) is 9.00. The molecule has 0 spiro atoms. The van der Waals surface area contributed by atoms with Gasteiger partial charge in [-0.3, -0.25) is 4.98 Å². The average Bonchev–Trinajstić information content (AvgIpc) is 3.40. The molecule has 0 saturated carbocycles. The number of nitrogens with zero attached hydrogens (tertiary/aromatic N) is 8. The van der Waals surface area contributed by atoms with Gasteiger partial charge in [-0.1, -0.05) is 0 Å². The fourth-order valence-corrected chi connectivity index (χ4v) is 3.53. The van der Waals surface area contributed by atoms with Gasteiger partial charge in [0.25, 0.3) is 0 Å². The van der Waals surface area contributed by atoms with E-state index in [1.165, 1.54) is 0 Å². The van der Waals surface area contributed by atoms with E-state index >= 15 is 0 Å². The maximum Gasteiger partial charge on any atom is 0.407 e. The first kappa shape index (κ1) is 21.7. The molecule has 1 N–H and O–H groups in total. The summed E-state index contributed by atoms with van der Waals surface area (Å²) >= 11 is 0. The Kier molecular flexibility index (Phi) is 5.57. The molecule has 4 heterocycles. The van der Waals surface area contributed by atoms with E-state index in [0.717, 1.165) is 30.0 Å². The highest BCUT2D eigenvalue weighted by Gasteiger charge is 2.28. The van der Waals surface area contributed by atoms with Crippen molar-refractivity contribution < 1.29 is 9.53 Å². The molecule has 0 aliphatic carbocycles. The number of rotatable bonds is 4. The molecule has 11 heteroatoms. The summed E-state index contributed by atoms with van der Waals surface area (Å²) in [5, 5.41) is 12.0. The fraction of sp³-hybridized carbons (Fsp3) is 0.524. The highest BCUT2D eigenvalue weighted by atomic mass is 16.6. The van der Waals surface area contributed by atoms with Crippen LogP contribution >= 0.6 is 0 Å². The first-order valence-corrected chi connectivity index (χ1v) is 10.6. The van der Waals surface area contributed by atoms with E-state index in [0.29, 0.717) is 24.1 Å². The Morgan fingerprint density at radius 3 is 2.72 bits per heavy atom. The Morgan fingerprint density at radius 2 is 2.00 bits per heavy atom. The lowest BCUT2D eigenvalue weighted by atomic mass is 10.2. The number of hydrogen-bond acceptors (Lipinski definition) is 8. The molecular weight excluding hydrogens is 410 g/mol. The Bertz CT molecular complexity index is 1130. The normalized spacial score (nSPS) is 16.9. The molecule has 0 aromatic carbocycles.